The van der Waals surface area contributed by atoms with Crippen molar-refractivity contribution >= 4 is 40.6 Å². The second-order valence-electron chi connectivity index (χ2n) is 6.98. The smallest absolute Gasteiger partial charge is 0.238 e. The van der Waals surface area contributed by atoms with E-state index in [1.807, 2.05) is 18.2 Å². The van der Waals surface area contributed by atoms with Crippen LogP contribution < -0.4 is 5.32 Å². The number of ketones is 1. The molecule has 1 heterocycles. The van der Waals surface area contributed by atoms with Crippen molar-refractivity contribution < 1.29 is 9.59 Å². The molecule has 1 saturated heterocycles. The summed E-state index contributed by atoms with van der Waals surface area (Å²) in [6.07, 6.45) is 0. The van der Waals surface area contributed by atoms with E-state index in [1.54, 1.807) is 24.3 Å². The lowest BCUT2D eigenvalue weighted by Gasteiger charge is -2.34. The van der Waals surface area contributed by atoms with Gasteiger partial charge in [0.05, 0.1) is 16.6 Å². The van der Waals surface area contributed by atoms with Crippen molar-refractivity contribution in [3.05, 3.63) is 63.6 Å². The van der Waals surface area contributed by atoms with Gasteiger partial charge in [-0.2, -0.15) is 0 Å². The summed E-state index contributed by atoms with van der Waals surface area (Å²) in [5.41, 5.74) is 2.47. The number of hydrogen-bond donors (Lipinski definition) is 1. The number of hydrogen-bond acceptors (Lipinski definition) is 4. The van der Waals surface area contributed by atoms with E-state index < -0.39 is 0 Å². The molecule has 148 valence electrons. The third-order valence-electron chi connectivity index (χ3n) is 4.80. The molecule has 1 amide bonds. The highest BCUT2D eigenvalue weighted by atomic mass is 35.5. The van der Waals surface area contributed by atoms with Gasteiger partial charge in [-0.15, -0.1) is 0 Å². The second-order valence-corrected chi connectivity index (χ2v) is 7.80. The van der Waals surface area contributed by atoms with Gasteiger partial charge < -0.3 is 5.32 Å². The first-order chi connectivity index (χ1) is 13.4. The number of halogens is 2. The molecule has 2 aromatic carbocycles. The van der Waals surface area contributed by atoms with Crippen LogP contribution in [-0.2, 0) is 11.3 Å². The first kappa shape index (κ1) is 20.8. The van der Waals surface area contributed by atoms with E-state index in [-0.39, 0.29) is 11.7 Å². The van der Waals surface area contributed by atoms with Gasteiger partial charge in [-0.3, -0.25) is 19.4 Å². The highest BCUT2D eigenvalue weighted by molar-refractivity contribution is 6.42. The van der Waals surface area contributed by atoms with Gasteiger partial charge >= 0.3 is 0 Å². The minimum absolute atomic E-state index is 0.0108. The number of anilines is 1. The summed E-state index contributed by atoms with van der Waals surface area (Å²) in [4.78, 5) is 28.1. The van der Waals surface area contributed by atoms with E-state index in [2.05, 4.69) is 15.1 Å². The molecule has 0 radical (unpaired) electrons. The molecule has 1 aliphatic heterocycles. The van der Waals surface area contributed by atoms with Crippen LogP contribution in [0.2, 0.25) is 10.0 Å². The average molecular weight is 420 g/mol. The normalized spacial score (nSPS) is 15.4. The van der Waals surface area contributed by atoms with Crippen molar-refractivity contribution in [2.24, 2.45) is 0 Å². The summed E-state index contributed by atoms with van der Waals surface area (Å²) < 4.78 is 0. The minimum atomic E-state index is -0.0477. The number of amides is 1. The second kappa shape index (κ2) is 9.52. The molecule has 1 aliphatic rings. The molecule has 1 N–H and O–H groups in total. The molecule has 1 fully saturated rings. The lowest BCUT2D eigenvalue weighted by Crippen LogP contribution is -2.48. The predicted octanol–water partition coefficient (Wildman–Crippen LogP) is 3.95. The van der Waals surface area contributed by atoms with E-state index in [0.29, 0.717) is 27.8 Å². The standard InChI is InChI=1S/C21H23Cl2N3O2/c1-15(27)17-3-5-18(6-4-17)24-21(28)14-26-10-8-25(9-11-26)13-16-2-7-19(22)20(23)12-16/h2-7,12H,8-11,13-14H2,1H3,(H,24,28). The summed E-state index contributed by atoms with van der Waals surface area (Å²) in [5, 5.41) is 4.03. The van der Waals surface area contributed by atoms with Crippen LogP contribution in [0.4, 0.5) is 5.69 Å². The Kier molecular flexibility index (Phi) is 7.08. The van der Waals surface area contributed by atoms with Crippen LogP contribution in [0.25, 0.3) is 0 Å². The molecular formula is C21H23Cl2N3O2. The van der Waals surface area contributed by atoms with E-state index >= 15 is 0 Å². The third kappa shape index (κ3) is 5.79. The summed E-state index contributed by atoms with van der Waals surface area (Å²) >= 11 is 12.0. The number of rotatable bonds is 6. The third-order valence-corrected chi connectivity index (χ3v) is 5.54. The van der Waals surface area contributed by atoms with Gasteiger partial charge in [0.2, 0.25) is 5.91 Å². The summed E-state index contributed by atoms with van der Waals surface area (Å²) in [6.45, 7) is 6.14. The summed E-state index contributed by atoms with van der Waals surface area (Å²) in [6, 6.07) is 12.7. The SMILES string of the molecule is CC(=O)c1ccc(NC(=O)CN2CCN(Cc3ccc(Cl)c(Cl)c3)CC2)cc1. The molecule has 3 rings (SSSR count). The van der Waals surface area contributed by atoms with Gasteiger partial charge in [-0.25, -0.2) is 0 Å². The fourth-order valence-corrected chi connectivity index (χ4v) is 3.51. The molecular weight excluding hydrogens is 397 g/mol. The number of Topliss-reactive ketones (excluding diaryl/α,β-unsaturated/α-hetero) is 1. The Hall–Kier alpha value is -1.92. The molecule has 7 heteroatoms. The van der Waals surface area contributed by atoms with Crippen LogP contribution in [0.15, 0.2) is 42.5 Å². The molecule has 2 aromatic rings. The van der Waals surface area contributed by atoms with Crippen LogP contribution in [-0.4, -0.2) is 54.2 Å². The minimum Gasteiger partial charge on any atom is -0.325 e. The topological polar surface area (TPSA) is 52.7 Å². The molecule has 28 heavy (non-hydrogen) atoms. The van der Waals surface area contributed by atoms with Gasteiger partial charge in [0.1, 0.15) is 0 Å². The number of piperazine rings is 1. The fourth-order valence-electron chi connectivity index (χ4n) is 3.19. The van der Waals surface area contributed by atoms with Crippen molar-refractivity contribution in [1.82, 2.24) is 9.80 Å². The van der Waals surface area contributed by atoms with Crippen LogP contribution in [0, 0.1) is 0 Å². The van der Waals surface area contributed by atoms with Gasteiger partial charge in [-0.1, -0.05) is 29.3 Å². The Morgan fingerprint density at radius 1 is 0.929 bits per heavy atom. The fraction of sp³-hybridized carbons (Fsp3) is 0.333. The lowest BCUT2D eigenvalue weighted by atomic mass is 10.1. The monoisotopic (exact) mass is 419 g/mol. The van der Waals surface area contributed by atoms with Gasteiger partial charge in [-0.05, 0) is 48.9 Å². The zero-order valence-electron chi connectivity index (χ0n) is 15.8. The highest BCUT2D eigenvalue weighted by Crippen LogP contribution is 2.23. The first-order valence-electron chi connectivity index (χ1n) is 9.20. The zero-order chi connectivity index (χ0) is 20.1. The molecule has 0 aliphatic carbocycles. The predicted molar refractivity (Wildman–Crippen MR) is 113 cm³/mol. The summed E-state index contributed by atoms with van der Waals surface area (Å²) in [5.74, 6) is -0.0369. The van der Waals surface area contributed by atoms with Crippen molar-refractivity contribution in [2.75, 3.05) is 38.0 Å². The average Bonchev–Trinajstić information content (AvgIpc) is 2.67. The Labute approximate surface area is 175 Å². The number of nitrogens with one attached hydrogen (secondary N) is 1. The Balaban J connectivity index is 1.43. The van der Waals surface area contributed by atoms with Crippen molar-refractivity contribution in [2.45, 2.75) is 13.5 Å². The number of carbonyl (C=O) groups excluding carboxylic acids is 2. The lowest BCUT2D eigenvalue weighted by molar-refractivity contribution is -0.117. The zero-order valence-corrected chi connectivity index (χ0v) is 17.3. The number of nitrogens with zero attached hydrogens (tertiary/aromatic N) is 2. The maximum Gasteiger partial charge on any atom is 0.238 e. The van der Waals surface area contributed by atoms with Crippen molar-refractivity contribution in [3.8, 4) is 0 Å². The van der Waals surface area contributed by atoms with E-state index in [1.165, 1.54) is 6.92 Å². The molecule has 0 unspecified atom stereocenters. The molecule has 0 saturated carbocycles. The van der Waals surface area contributed by atoms with Crippen molar-refractivity contribution in [3.63, 3.8) is 0 Å². The number of benzene rings is 2. The Morgan fingerprint density at radius 2 is 1.57 bits per heavy atom. The summed E-state index contributed by atoms with van der Waals surface area (Å²) in [7, 11) is 0. The highest BCUT2D eigenvalue weighted by Gasteiger charge is 2.19. The van der Waals surface area contributed by atoms with E-state index in [4.69, 9.17) is 23.2 Å². The van der Waals surface area contributed by atoms with Crippen LogP contribution in [0.3, 0.4) is 0 Å². The van der Waals surface area contributed by atoms with Crippen molar-refractivity contribution in [1.29, 1.82) is 0 Å². The molecule has 0 aromatic heterocycles. The van der Waals surface area contributed by atoms with E-state index in [9.17, 15) is 9.59 Å². The largest absolute Gasteiger partial charge is 0.325 e. The van der Waals surface area contributed by atoms with E-state index in [0.717, 1.165) is 38.3 Å². The van der Waals surface area contributed by atoms with Gasteiger partial charge in [0, 0.05) is 44.0 Å². The maximum absolute atomic E-state index is 12.3. The molecule has 0 atom stereocenters. The van der Waals surface area contributed by atoms with Crippen LogP contribution in [0.1, 0.15) is 22.8 Å². The molecule has 0 bridgehead atoms. The Morgan fingerprint density at radius 3 is 2.18 bits per heavy atom. The first-order valence-corrected chi connectivity index (χ1v) is 9.96. The van der Waals surface area contributed by atoms with Gasteiger partial charge in [0.15, 0.2) is 5.78 Å². The van der Waals surface area contributed by atoms with Crippen LogP contribution >= 0.6 is 23.2 Å². The number of carbonyl (C=O) groups is 2. The Bertz CT molecular complexity index is 847. The van der Waals surface area contributed by atoms with Crippen LogP contribution in [0.5, 0.6) is 0 Å². The maximum atomic E-state index is 12.3. The molecule has 5 nitrogen and oxygen atoms in total. The molecule has 0 spiro atoms. The quantitative estimate of drug-likeness (QED) is 0.720. The van der Waals surface area contributed by atoms with Gasteiger partial charge in [0.25, 0.3) is 0 Å².